The summed E-state index contributed by atoms with van der Waals surface area (Å²) >= 11 is 0. The minimum absolute atomic E-state index is 0.110. The maximum atomic E-state index is 13.4. The number of carbonyl (C=O) groups excluding carboxylic acids is 2. The Morgan fingerprint density at radius 2 is 1.83 bits per heavy atom. The lowest BCUT2D eigenvalue weighted by Gasteiger charge is -2.60. The van der Waals surface area contributed by atoms with Gasteiger partial charge in [0, 0.05) is 18.8 Å². The molecule has 4 saturated carbocycles. The topological polar surface area (TPSA) is 63.6 Å². The van der Waals surface area contributed by atoms with Crippen LogP contribution in [0.1, 0.15) is 85.0 Å². The van der Waals surface area contributed by atoms with Crippen molar-refractivity contribution < 1.29 is 19.4 Å². The van der Waals surface area contributed by atoms with E-state index in [4.69, 9.17) is 4.74 Å². The van der Waals surface area contributed by atoms with Crippen LogP contribution in [0.15, 0.2) is 0 Å². The average Bonchev–Trinajstić information content (AvgIpc) is 3.04. The number of methoxy groups -OCH3 is 1. The molecular formula is C25H40O4. The van der Waals surface area contributed by atoms with Gasteiger partial charge < -0.3 is 9.84 Å². The molecule has 4 nitrogen and oxygen atoms in total. The van der Waals surface area contributed by atoms with E-state index in [0.29, 0.717) is 48.2 Å². The van der Waals surface area contributed by atoms with Crippen molar-refractivity contribution in [2.24, 2.45) is 46.3 Å². The summed E-state index contributed by atoms with van der Waals surface area (Å²) in [5.74, 6) is 3.08. The summed E-state index contributed by atoms with van der Waals surface area (Å²) in [5, 5.41) is 10.2. The van der Waals surface area contributed by atoms with Gasteiger partial charge in [-0.25, -0.2) is 0 Å². The van der Waals surface area contributed by atoms with Crippen LogP contribution in [0.4, 0.5) is 0 Å². The van der Waals surface area contributed by atoms with E-state index in [0.717, 1.165) is 32.1 Å². The molecule has 4 heteroatoms. The van der Waals surface area contributed by atoms with Gasteiger partial charge in [0.15, 0.2) is 0 Å². The van der Waals surface area contributed by atoms with Gasteiger partial charge in [-0.3, -0.25) is 9.59 Å². The van der Waals surface area contributed by atoms with Gasteiger partial charge in [0.1, 0.15) is 5.78 Å². The molecule has 1 N–H and O–H groups in total. The molecule has 0 aliphatic heterocycles. The fraction of sp³-hybridized carbons (Fsp3) is 0.920. The highest BCUT2D eigenvalue weighted by molar-refractivity contribution is 5.83. The van der Waals surface area contributed by atoms with Gasteiger partial charge in [0.05, 0.1) is 13.2 Å². The molecular weight excluding hydrogens is 364 g/mol. The predicted molar refractivity (Wildman–Crippen MR) is 112 cm³/mol. The number of ether oxygens (including phenoxy) is 1. The predicted octanol–water partition coefficient (Wildman–Crippen LogP) is 4.77. The third-order valence-corrected chi connectivity index (χ3v) is 10.2. The summed E-state index contributed by atoms with van der Waals surface area (Å²) in [5.41, 5.74) is 0.456. The highest BCUT2D eigenvalue weighted by Crippen LogP contribution is 2.67. The molecule has 164 valence electrons. The van der Waals surface area contributed by atoms with Gasteiger partial charge in [-0.05, 0) is 91.8 Å². The first kappa shape index (κ1) is 21.3. The van der Waals surface area contributed by atoms with Crippen LogP contribution in [-0.2, 0) is 14.3 Å². The monoisotopic (exact) mass is 404 g/mol. The Balaban J connectivity index is 1.53. The van der Waals surface area contributed by atoms with E-state index in [1.807, 2.05) is 0 Å². The lowest BCUT2D eigenvalue weighted by atomic mass is 9.44. The molecule has 0 bridgehead atoms. The second-order valence-electron chi connectivity index (χ2n) is 11.4. The van der Waals surface area contributed by atoms with E-state index in [9.17, 15) is 14.7 Å². The maximum absolute atomic E-state index is 13.4. The van der Waals surface area contributed by atoms with Crippen LogP contribution < -0.4 is 0 Å². The molecule has 0 spiro atoms. The molecule has 0 aromatic rings. The Hall–Kier alpha value is -0.900. The van der Waals surface area contributed by atoms with Crippen molar-refractivity contribution in [2.45, 2.75) is 91.1 Å². The number of ketones is 1. The van der Waals surface area contributed by atoms with Gasteiger partial charge in [0.2, 0.25) is 0 Å². The first-order valence-electron chi connectivity index (χ1n) is 12.0. The number of aliphatic hydroxyl groups is 1. The molecule has 0 saturated heterocycles. The molecule has 9 atom stereocenters. The van der Waals surface area contributed by atoms with Crippen LogP contribution in [0.3, 0.4) is 0 Å². The summed E-state index contributed by atoms with van der Waals surface area (Å²) in [6, 6.07) is 0. The Morgan fingerprint density at radius 1 is 1.14 bits per heavy atom. The zero-order chi connectivity index (χ0) is 21.0. The number of fused-ring (bicyclic) bond motifs is 5. The molecule has 7 unspecified atom stereocenters. The normalized spacial score (nSPS) is 47.7. The number of Topliss-reactive ketones (excluding diaryl/α,β-unsaturated/α-hetero) is 1. The Kier molecular flexibility index (Phi) is 5.63. The number of esters is 1. The Bertz CT molecular complexity index is 659. The van der Waals surface area contributed by atoms with Crippen LogP contribution in [0.25, 0.3) is 0 Å². The lowest BCUT2D eigenvalue weighted by molar-refractivity contribution is -0.160. The zero-order valence-electron chi connectivity index (χ0n) is 18.8. The van der Waals surface area contributed by atoms with Gasteiger partial charge in [-0.2, -0.15) is 0 Å². The number of hydrogen-bond acceptors (Lipinski definition) is 4. The second-order valence-corrected chi connectivity index (χ2v) is 11.4. The van der Waals surface area contributed by atoms with Crippen LogP contribution in [0, 0.1) is 46.3 Å². The summed E-state index contributed by atoms with van der Waals surface area (Å²) in [6.07, 6.45) is 9.40. The van der Waals surface area contributed by atoms with E-state index in [-0.39, 0.29) is 28.8 Å². The quantitative estimate of drug-likeness (QED) is 0.685. The number of carbonyl (C=O) groups is 2. The largest absolute Gasteiger partial charge is 0.469 e. The molecule has 0 aromatic heterocycles. The maximum Gasteiger partial charge on any atom is 0.305 e. The van der Waals surface area contributed by atoms with Crippen LogP contribution in [0.5, 0.6) is 0 Å². The standard InChI is InChI=1S/C25H40O4/c1-15(5-8-22(28)29-4)18-6-7-19-23-20(10-12-25(18,19)3)24(2)11-9-17(26)13-16(24)14-21(23)27/h15-20,23,26H,5-14H2,1-4H3/t15?,16?,17?,18?,19?,20?,23?,24-,25+/m0/s1. The first-order valence-corrected chi connectivity index (χ1v) is 12.0. The molecule has 0 aromatic carbocycles. The van der Waals surface area contributed by atoms with Crippen molar-refractivity contribution in [3.63, 3.8) is 0 Å². The van der Waals surface area contributed by atoms with Crippen LogP contribution in [-0.4, -0.2) is 30.1 Å². The molecule has 29 heavy (non-hydrogen) atoms. The first-order chi connectivity index (χ1) is 13.7. The van der Waals surface area contributed by atoms with Crippen LogP contribution >= 0.6 is 0 Å². The third-order valence-electron chi connectivity index (χ3n) is 10.2. The summed E-state index contributed by atoms with van der Waals surface area (Å²) in [4.78, 5) is 25.0. The van der Waals surface area contributed by atoms with Crippen molar-refractivity contribution in [2.75, 3.05) is 7.11 Å². The molecule has 4 fully saturated rings. The fourth-order valence-corrected chi connectivity index (χ4v) is 8.53. The zero-order valence-corrected chi connectivity index (χ0v) is 18.8. The number of aliphatic hydroxyl groups excluding tert-OH is 1. The molecule has 0 amide bonds. The Labute approximate surface area is 176 Å². The van der Waals surface area contributed by atoms with Crippen LogP contribution in [0.2, 0.25) is 0 Å². The highest BCUT2D eigenvalue weighted by atomic mass is 16.5. The summed E-state index contributed by atoms with van der Waals surface area (Å²) < 4.78 is 4.85. The summed E-state index contributed by atoms with van der Waals surface area (Å²) in [7, 11) is 1.47. The Morgan fingerprint density at radius 3 is 2.55 bits per heavy atom. The molecule has 0 heterocycles. The van der Waals surface area contributed by atoms with Crippen molar-refractivity contribution in [3.8, 4) is 0 Å². The van der Waals surface area contributed by atoms with Crippen molar-refractivity contribution in [3.05, 3.63) is 0 Å². The molecule has 4 rings (SSSR count). The van der Waals surface area contributed by atoms with E-state index < -0.39 is 0 Å². The van der Waals surface area contributed by atoms with Gasteiger partial charge in [-0.1, -0.05) is 20.8 Å². The SMILES string of the molecule is COC(=O)CCC(C)C1CCC2C3C(=O)CC4CC(O)CC[C@]4(C)C3CC[C@]12C. The van der Waals surface area contributed by atoms with Crippen molar-refractivity contribution in [1.29, 1.82) is 0 Å². The highest BCUT2D eigenvalue weighted by Gasteiger charge is 2.62. The minimum Gasteiger partial charge on any atom is -0.469 e. The molecule has 0 radical (unpaired) electrons. The van der Waals surface area contributed by atoms with Crippen molar-refractivity contribution >= 4 is 11.8 Å². The number of hydrogen-bond donors (Lipinski definition) is 1. The van der Waals surface area contributed by atoms with E-state index in [2.05, 4.69) is 20.8 Å². The smallest absolute Gasteiger partial charge is 0.305 e. The lowest BCUT2D eigenvalue weighted by Crippen LogP contribution is -2.57. The second kappa shape index (κ2) is 7.66. The fourth-order valence-electron chi connectivity index (χ4n) is 8.53. The van der Waals surface area contributed by atoms with E-state index in [1.165, 1.54) is 26.4 Å². The average molecular weight is 405 g/mol. The van der Waals surface area contributed by atoms with Gasteiger partial charge >= 0.3 is 5.97 Å². The van der Waals surface area contributed by atoms with E-state index in [1.54, 1.807) is 0 Å². The molecule has 4 aliphatic carbocycles. The third kappa shape index (κ3) is 3.38. The van der Waals surface area contributed by atoms with Crippen molar-refractivity contribution in [1.82, 2.24) is 0 Å². The van der Waals surface area contributed by atoms with E-state index >= 15 is 0 Å². The molecule has 4 aliphatic rings. The van der Waals surface area contributed by atoms with Gasteiger partial charge in [0.25, 0.3) is 0 Å². The van der Waals surface area contributed by atoms with Gasteiger partial charge in [-0.15, -0.1) is 0 Å². The summed E-state index contributed by atoms with van der Waals surface area (Å²) in [6.45, 7) is 7.18. The number of rotatable bonds is 4. The minimum atomic E-state index is -0.210.